The second-order valence-corrected chi connectivity index (χ2v) is 6.49. The number of aromatic amines is 1. The minimum atomic E-state index is -0.360. The Kier molecular flexibility index (Phi) is 3.99. The lowest BCUT2D eigenvalue weighted by atomic mass is 10.2. The largest absolute Gasteiger partial charge is 0.341 e. The molecule has 1 N–H and O–H groups in total. The zero-order valence-corrected chi connectivity index (χ0v) is 13.9. The maximum atomic E-state index is 12.6. The molecule has 1 aromatic heterocycles. The first-order valence-corrected chi connectivity index (χ1v) is 8.03. The zero-order chi connectivity index (χ0) is 15.1. The molecule has 0 bridgehead atoms. The predicted octanol–water partition coefficient (Wildman–Crippen LogP) is 4.19. The molecule has 1 amide bonds. The molecule has 2 heterocycles. The maximum Gasteiger partial charge on any atom is 0.245 e. The van der Waals surface area contributed by atoms with Gasteiger partial charge in [-0.2, -0.15) is 0 Å². The summed E-state index contributed by atoms with van der Waals surface area (Å²) in [7, 11) is 0. The van der Waals surface area contributed by atoms with Crippen LogP contribution in [0, 0.1) is 4.77 Å². The molecule has 7 heteroatoms. The van der Waals surface area contributed by atoms with Gasteiger partial charge in [0.1, 0.15) is 6.04 Å². The Morgan fingerprint density at radius 3 is 2.57 bits per heavy atom. The van der Waals surface area contributed by atoms with Crippen LogP contribution in [0.5, 0.6) is 0 Å². The number of carbonyl (C=O) groups excluding carboxylic acids is 1. The predicted molar refractivity (Wildman–Crippen MR) is 87.7 cm³/mol. The van der Waals surface area contributed by atoms with Crippen molar-refractivity contribution in [2.75, 3.05) is 13.1 Å². The SMILES string of the molecule is CC(C(=O)N1CCCC1)n1c(=S)[nH]c2cc(Cl)c(Cl)cc21. The normalized spacial score (nSPS) is 16.6. The standard InChI is InChI=1S/C14H15Cl2N3OS/c1-8(13(20)18-4-2-3-5-18)19-12-7-10(16)9(15)6-11(12)17-14(19)21/h6-8H,2-5H2,1H3,(H,17,21). The van der Waals surface area contributed by atoms with Gasteiger partial charge >= 0.3 is 0 Å². The van der Waals surface area contributed by atoms with Crippen molar-refractivity contribution < 1.29 is 4.79 Å². The van der Waals surface area contributed by atoms with Crippen LogP contribution in [0.3, 0.4) is 0 Å². The first-order valence-electron chi connectivity index (χ1n) is 6.87. The lowest BCUT2D eigenvalue weighted by Crippen LogP contribution is -2.34. The minimum Gasteiger partial charge on any atom is -0.341 e. The topological polar surface area (TPSA) is 41.0 Å². The van der Waals surface area contributed by atoms with Crippen LogP contribution in [0.25, 0.3) is 11.0 Å². The number of nitrogens with one attached hydrogen (secondary N) is 1. The molecule has 0 radical (unpaired) electrons. The van der Waals surface area contributed by atoms with Crippen molar-refractivity contribution >= 4 is 52.4 Å². The van der Waals surface area contributed by atoms with E-state index in [0.717, 1.165) is 37.0 Å². The van der Waals surface area contributed by atoms with E-state index < -0.39 is 0 Å². The molecule has 21 heavy (non-hydrogen) atoms. The van der Waals surface area contributed by atoms with E-state index in [1.54, 1.807) is 12.1 Å². The summed E-state index contributed by atoms with van der Waals surface area (Å²) in [5, 5.41) is 0.916. The van der Waals surface area contributed by atoms with Crippen molar-refractivity contribution in [3.63, 3.8) is 0 Å². The number of hydrogen-bond donors (Lipinski definition) is 1. The van der Waals surface area contributed by atoms with Crippen LogP contribution in [0.4, 0.5) is 0 Å². The summed E-state index contributed by atoms with van der Waals surface area (Å²) in [4.78, 5) is 17.6. The molecule has 1 saturated heterocycles. The number of benzene rings is 1. The van der Waals surface area contributed by atoms with Crippen LogP contribution in [0.2, 0.25) is 10.0 Å². The van der Waals surface area contributed by atoms with Crippen LogP contribution in [-0.4, -0.2) is 33.4 Å². The van der Waals surface area contributed by atoms with Gasteiger partial charge in [0, 0.05) is 13.1 Å². The highest BCUT2D eigenvalue weighted by Gasteiger charge is 2.26. The molecule has 4 nitrogen and oxygen atoms in total. The Balaban J connectivity index is 2.06. The van der Waals surface area contributed by atoms with Crippen molar-refractivity contribution in [2.45, 2.75) is 25.8 Å². The van der Waals surface area contributed by atoms with E-state index in [2.05, 4.69) is 4.98 Å². The average molecular weight is 344 g/mol. The van der Waals surface area contributed by atoms with Crippen LogP contribution in [0.1, 0.15) is 25.8 Å². The van der Waals surface area contributed by atoms with Gasteiger partial charge < -0.3 is 14.5 Å². The molecule has 1 aliphatic rings. The molecule has 0 aliphatic carbocycles. The van der Waals surface area contributed by atoms with E-state index in [-0.39, 0.29) is 11.9 Å². The fourth-order valence-electron chi connectivity index (χ4n) is 2.82. The molecule has 112 valence electrons. The molecule has 1 atom stereocenters. The Labute approximate surface area is 137 Å². The van der Waals surface area contributed by atoms with E-state index in [9.17, 15) is 4.79 Å². The van der Waals surface area contributed by atoms with Gasteiger partial charge in [-0.3, -0.25) is 4.79 Å². The highest BCUT2D eigenvalue weighted by Crippen LogP contribution is 2.30. The van der Waals surface area contributed by atoms with Gasteiger partial charge in [0.05, 0.1) is 21.1 Å². The Morgan fingerprint density at radius 1 is 1.29 bits per heavy atom. The van der Waals surface area contributed by atoms with E-state index in [1.165, 1.54) is 0 Å². The number of imidazole rings is 1. The molecular formula is C14H15Cl2N3OS. The fraction of sp³-hybridized carbons (Fsp3) is 0.429. The number of H-pyrrole nitrogens is 1. The Bertz CT molecular complexity index is 761. The molecule has 0 saturated carbocycles. The smallest absolute Gasteiger partial charge is 0.245 e. The van der Waals surface area contributed by atoms with Crippen molar-refractivity contribution in [1.82, 2.24) is 14.5 Å². The third-order valence-corrected chi connectivity index (χ3v) is 4.94. The van der Waals surface area contributed by atoms with Crippen LogP contribution < -0.4 is 0 Å². The lowest BCUT2D eigenvalue weighted by Gasteiger charge is -2.21. The summed E-state index contributed by atoms with van der Waals surface area (Å²) in [6, 6.07) is 3.12. The van der Waals surface area contributed by atoms with Crippen LogP contribution >= 0.6 is 35.4 Å². The van der Waals surface area contributed by atoms with E-state index in [4.69, 9.17) is 35.4 Å². The van der Waals surface area contributed by atoms with Crippen molar-refractivity contribution in [1.29, 1.82) is 0 Å². The number of hydrogen-bond acceptors (Lipinski definition) is 2. The van der Waals surface area contributed by atoms with E-state index in [1.807, 2.05) is 16.4 Å². The molecule has 1 aliphatic heterocycles. The third-order valence-electron chi connectivity index (χ3n) is 3.92. The van der Waals surface area contributed by atoms with Crippen molar-refractivity contribution in [3.05, 3.63) is 26.9 Å². The van der Waals surface area contributed by atoms with Crippen LogP contribution in [-0.2, 0) is 4.79 Å². The number of amides is 1. The highest BCUT2D eigenvalue weighted by molar-refractivity contribution is 7.71. The number of carbonyl (C=O) groups is 1. The summed E-state index contributed by atoms with van der Waals surface area (Å²) < 4.78 is 2.32. The number of nitrogens with zero attached hydrogens (tertiary/aromatic N) is 2. The van der Waals surface area contributed by atoms with Gasteiger partial charge in [0.2, 0.25) is 5.91 Å². The second-order valence-electron chi connectivity index (χ2n) is 5.29. The summed E-state index contributed by atoms with van der Waals surface area (Å²) in [5.41, 5.74) is 1.59. The summed E-state index contributed by atoms with van der Waals surface area (Å²) in [6.45, 7) is 3.52. The number of rotatable bonds is 2. The zero-order valence-electron chi connectivity index (χ0n) is 11.5. The van der Waals surface area contributed by atoms with Crippen LogP contribution in [0.15, 0.2) is 12.1 Å². The molecule has 1 fully saturated rings. The maximum absolute atomic E-state index is 12.6. The van der Waals surface area contributed by atoms with Crippen molar-refractivity contribution in [2.24, 2.45) is 0 Å². The molecular weight excluding hydrogens is 329 g/mol. The molecule has 3 rings (SSSR count). The van der Waals surface area contributed by atoms with Gasteiger partial charge in [-0.25, -0.2) is 0 Å². The number of halogens is 2. The van der Waals surface area contributed by atoms with Crippen molar-refractivity contribution in [3.8, 4) is 0 Å². The number of aromatic nitrogens is 2. The lowest BCUT2D eigenvalue weighted by molar-refractivity contribution is -0.133. The summed E-state index contributed by atoms with van der Waals surface area (Å²) >= 11 is 17.5. The number of likely N-dealkylation sites (tertiary alicyclic amines) is 1. The van der Waals surface area contributed by atoms with Gasteiger partial charge in [0.25, 0.3) is 0 Å². The quantitative estimate of drug-likeness (QED) is 0.830. The molecule has 1 unspecified atom stereocenters. The average Bonchev–Trinajstić information content (AvgIpc) is 3.06. The summed E-state index contributed by atoms with van der Waals surface area (Å²) in [6.07, 6.45) is 2.14. The summed E-state index contributed by atoms with van der Waals surface area (Å²) in [5.74, 6) is 0.0931. The first kappa shape index (κ1) is 14.9. The molecule has 2 aromatic rings. The Hall–Kier alpha value is -1.04. The molecule has 1 aromatic carbocycles. The van der Waals surface area contributed by atoms with Gasteiger partial charge in [-0.1, -0.05) is 23.2 Å². The van der Waals surface area contributed by atoms with E-state index in [0.29, 0.717) is 14.8 Å². The van der Waals surface area contributed by atoms with Gasteiger partial charge in [0.15, 0.2) is 4.77 Å². The first-order chi connectivity index (χ1) is 9.99. The number of fused-ring (bicyclic) bond motifs is 1. The van der Waals surface area contributed by atoms with E-state index >= 15 is 0 Å². The van der Waals surface area contributed by atoms with Gasteiger partial charge in [-0.15, -0.1) is 0 Å². The molecule has 0 spiro atoms. The fourth-order valence-corrected chi connectivity index (χ4v) is 3.51. The van der Waals surface area contributed by atoms with Gasteiger partial charge in [-0.05, 0) is 44.1 Å². The third kappa shape index (κ3) is 2.58. The highest BCUT2D eigenvalue weighted by atomic mass is 35.5. The minimum absolute atomic E-state index is 0.0931. The second kappa shape index (κ2) is 5.63. The Morgan fingerprint density at radius 2 is 1.90 bits per heavy atom. The monoisotopic (exact) mass is 343 g/mol.